The second kappa shape index (κ2) is 8.64. The predicted molar refractivity (Wildman–Crippen MR) is 123 cm³/mol. The monoisotopic (exact) mass is 421 g/mol. The normalized spacial score (nSPS) is 15.7. The summed E-state index contributed by atoms with van der Waals surface area (Å²) >= 11 is 1.35. The summed E-state index contributed by atoms with van der Waals surface area (Å²) < 4.78 is 1.78. The molecule has 2 atom stereocenters. The van der Waals surface area contributed by atoms with Crippen molar-refractivity contribution in [2.24, 2.45) is 0 Å². The van der Waals surface area contributed by atoms with E-state index in [1.165, 1.54) is 11.8 Å². The van der Waals surface area contributed by atoms with E-state index in [4.69, 9.17) is 4.98 Å². The third kappa shape index (κ3) is 4.15. The van der Waals surface area contributed by atoms with Gasteiger partial charge in [-0.05, 0) is 55.9 Å². The molecule has 4 rings (SSSR count). The lowest BCUT2D eigenvalue weighted by Crippen LogP contribution is -2.27. The summed E-state index contributed by atoms with van der Waals surface area (Å²) in [5.74, 6) is 0.284. The lowest BCUT2D eigenvalue weighted by molar-refractivity contribution is -0.115. The molecule has 1 N–H and O–H groups in total. The van der Waals surface area contributed by atoms with Crippen LogP contribution in [0.4, 0.5) is 5.69 Å². The Morgan fingerprint density at radius 2 is 1.87 bits per heavy atom. The van der Waals surface area contributed by atoms with E-state index in [1.54, 1.807) is 4.57 Å². The molecule has 1 amide bonds. The van der Waals surface area contributed by atoms with Crippen molar-refractivity contribution in [1.29, 1.82) is 0 Å². The third-order valence-corrected chi connectivity index (χ3v) is 6.77. The zero-order chi connectivity index (χ0) is 21.3. The van der Waals surface area contributed by atoms with Crippen LogP contribution >= 0.6 is 11.8 Å². The fraction of sp³-hybridized carbons (Fsp3) is 0.375. The van der Waals surface area contributed by atoms with Gasteiger partial charge in [-0.15, -0.1) is 0 Å². The van der Waals surface area contributed by atoms with E-state index in [9.17, 15) is 9.59 Å². The summed E-state index contributed by atoms with van der Waals surface area (Å²) in [6.07, 6.45) is 2.97. The summed E-state index contributed by atoms with van der Waals surface area (Å²) in [6.45, 7) is 6.17. The zero-order valence-corrected chi connectivity index (χ0v) is 18.4. The molecule has 30 heavy (non-hydrogen) atoms. The van der Waals surface area contributed by atoms with Crippen LogP contribution in [0.1, 0.15) is 57.6 Å². The van der Waals surface area contributed by atoms with Gasteiger partial charge in [0.25, 0.3) is 5.56 Å². The first kappa shape index (κ1) is 20.7. The molecule has 3 aromatic rings. The number of nitrogens with one attached hydrogen (secondary N) is 1. The van der Waals surface area contributed by atoms with E-state index >= 15 is 0 Å². The molecule has 156 valence electrons. The lowest BCUT2D eigenvalue weighted by atomic mass is 9.97. The molecule has 1 aliphatic carbocycles. The number of hydrogen-bond donors (Lipinski definition) is 1. The minimum atomic E-state index is -0.381. The van der Waals surface area contributed by atoms with E-state index in [1.807, 2.05) is 49.4 Å². The van der Waals surface area contributed by atoms with Crippen molar-refractivity contribution in [2.45, 2.75) is 62.4 Å². The van der Waals surface area contributed by atoms with Crippen LogP contribution in [0.25, 0.3) is 10.9 Å². The van der Waals surface area contributed by atoms with Crippen molar-refractivity contribution in [3.8, 4) is 0 Å². The molecule has 2 aromatic carbocycles. The summed E-state index contributed by atoms with van der Waals surface area (Å²) in [5.41, 5.74) is 2.66. The van der Waals surface area contributed by atoms with Crippen LogP contribution in [0.5, 0.6) is 0 Å². The first-order chi connectivity index (χ1) is 14.5. The number of para-hydroxylation sites is 2. The number of thioether (sulfide) groups is 1. The van der Waals surface area contributed by atoms with E-state index in [2.05, 4.69) is 25.2 Å². The van der Waals surface area contributed by atoms with E-state index in [0.717, 1.165) is 30.5 Å². The van der Waals surface area contributed by atoms with Crippen molar-refractivity contribution in [3.05, 3.63) is 64.4 Å². The molecule has 1 heterocycles. The number of fused-ring (bicyclic) bond motifs is 1. The topological polar surface area (TPSA) is 64.0 Å². The third-order valence-electron chi connectivity index (χ3n) is 5.70. The Morgan fingerprint density at radius 3 is 2.60 bits per heavy atom. The molecule has 1 aromatic heterocycles. The number of aromatic nitrogens is 2. The minimum absolute atomic E-state index is 0.0136. The first-order valence-electron chi connectivity index (χ1n) is 10.6. The number of carbonyl (C=O) groups is 1. The minimum Gasteiger partial charge on any atom is -0.325 e. The smallest absolute Gasteiger partial charge is 0.262 e. The van der Waals surface area contributed by atoms with E-state index in [-0.39, 0.29) is 22.8 Å². The first-order valence-corrected chi connectivity index (χ1v) is 11.4. The Hall–Kier alpha value is -2.60. The molecule has 1 aliphatic rings. The maximum atomic E-state index is 13.0. The molecule has 0 spiro atoms. The fourth-order valence-electron chi connectivity index (χ4n) is 3.57. The van der Waals surface area contributed by atoms with Gasteiger partial charge in [0.05, 0.1) is 16.2 Å². The van der Waals surface area contributed by atoms with Crippen LogP contribution in [0.2, 0.25) is 0 Å². The van der Waals surface area contributed by atoms with Crippen molar-refractivity contribution in [2.75, 3.05) is 5.32 Å². The van der Waals surface area contributed by atoms with Gasteiger partial charge in [-0.2, -0.15) is 0 Å². The molecule has 1 saturated carbocycles. The highest BCUT2D eigenvalue weighted by molar-refractivity contribution is 8.00. The number of amides is 1. The summed E-state index contributed by atoms with van der Waals surface area (Å²) in [6, 6.07) is 15.6. The van der Waals surface area contributed by atoms with Crippen LogP contribution in [0.15, 0.2) is 58.5 Å². The van der Waals surface area contributed by atoms with Gasteiger partial charge in [0.2, 0.25) is 5.91 Å². The van der Waals surface area contributed by atoms with Crippen LogP contribution in [-0.2, 0) is 4.79 Å². The zero-order valence-electron chi connectivity index (χ0n) is 17.6. The summed E-state index contributed by atoms with van der Waals surface area (Å²) in [5, 5.41) is 3.96. The Labute approximate surface area is 180 Å². The largest absolute Gasteiger partial charge is 0.325 e. The maximum absolute atomic E-state index is 13.0. The lowest BCUT2D eigenvalue weighted by Gasteiger charge is -2.19. The van der Waals surface area contributed by atoms with Crippen LogP contribution in [-0.4, -0.2) is 20.7 Å². The summed E-state index contributed by atoms with van der Waals surface area (Å²) in [4.78, 5) is 30.7. The second-order valence-corrected chi connectivity index (χ2v) is 9.27. The number of nitrogens with zero attached hydrogens (tertiary/aromatic N) is 2. The molecule has 5 nitrogen and oxygen atoms in total. The molecular weight excluding hydrogens is 394 g/mol. The average Bonchev–Trinajstić information content (AvgIpc) is 3.58. The van der Waals surface area contributed by atoms with Crippen molar-refractivity contribution in [3.63, 3.8) is 0 Å². The number of carbonyl (C=O) groups excluding carboxylic acids is 1. The molecule has 0 saturated heterocycles. The molecule has 6 heteroatoms. The SMILES string of the molecule is CC[C@@H](C)c1ccccc1NC(=O)[C@@H](C)Sc1nc2ccccc2c(=O)n1C1CC1. The van der Waals surface area contributed by atoms with Gasteiger partial charge in [0.15, 0.2) is 5.16 Å². The average molecular weight is 422 g/mol. The van der Waals surface area contributed by atoms with E-state index in [0.29, 0.717) is 22.0 Å². The van der Waals surface area contributed by atoms with Gasteiger partial charge in [0.1, 0.15) is 0 Å². The van der Waals surface area contributed by atoms with Crippen molar-refractivity contribution in [1.82, 2.24) is 9.55 Å². The second-order valence-electron chi connectivity index (χ2n) is 7.96. The highest BCUT2D eigenvalue weighted by Crippen LogP contribution is 2.38. The van der Waals surface area contributed by atoms with Gasteiger partial charge in [0, 0.05) is 11.7 Å². The Balaban J connectivity index is 1.59. The number of hydrogen-bond acceptors (Lipinski definition) is 4. The molecule has 0 radical (unpaired) electrons. The molecular formula is C24H27N3O2S. The quantitative estimate of drug-likeness (QED) is 0.412. The van der Waals surface area contributed by atoms with Gasteiger partial charge >= 0.3 is 0 Å². The number of benzene rings is 2. The van der Waals surface area contributed by atoms with Gasteiger partial charge < -0.3 is 5.32 Å². The standard InChI is InChI=1S/C24H27N3O2S/c1-4-15(2)18-9-5-7-11-20(18)25-22(28)16(3)30-24-26-21-12-8-6-10-19(21)23(29)27(24)17-13-14-17/h5-12,15-17H,4,13-14H2,1-3H3,(H,25,28)/t15-,16-/m1/s1. The number of anilines is 1. The van der Waals surface area contributed by atoms with Crippen LogP contribution in [0, 0.1) is 0 Å². The Bertz CT molecular complexity index is 1140. The number of rotatable bonds is 7. The summed E-state index contributed by atoms with van der Waals surface area (Å²) in [7, 11) is 0. The van der Waals surface area contributed by atoms with Crippen LogP contribution in [0.3, 0.4) is 0 Å². The van der Waals surface area contributed by atoms with Gasteiger partial charge in [-0.25, -0.2) is 4.98 Å². The van der Waals surface area contributed by atoms with Crippen molar-refractivity contribution >= 4 is 34.3 Å². The Morgan fingerprint density at radius 1 is 1.17 bits per heavy atom. The van der Waals surface area contributed by atoms with Crippen molar-refractivity contribution < 1.29 is 4.79 Å². The predicted octanol–water partition coefficient (Wildman–Crippen LogP) is 5.36. The van der Waals surface area contributed by atoms with E-state index < -0.39 is 0 Å². The molecule has 0 aliphatic heterocycles. The van der Waals surface area contributed by atoms with Gasteiger partial charge in [-0.3, -0.25) is 14.2 Å². The highest BCUT2D eigenvalue weighted by atomic mass is 32.2. The molecule has 1 fully saturated rings. The van der Waals surface area contributed by atoms with Gasteiger partial charge in [-0.1, -0.05) is 55.9 Å². The van der Waals surface area contributed by atoms with Crippen LogP contribution < -0.4 is 10.9 Å². The molecule has 0 unspecified atom stereocenters. The highest BCUT2D eigenvalue weighted by Gasteiger charge is 2.30. The fourth-order valence-corrected chi connectivity index (χ4v) is 4.55. The maximum Gasteiger partial charge on any atom is 0.262 e. The Kier molecular flexibility index (Phi) is 5.95. The molecule has 0 bridgehead atoms.